The van der Waals surface area contributed by atoms with Gasteiger partial charge in [-0.3, -0.25) is 4.79 Å². The van der Waals surface area contributed by atoms with Crippen LogP contribution in [0.2, 0.25) is 0 Å². The van der Waals surface area contributed by atoms with E-state index in [1.54, 1.807) is 31.2 Å². The normalized spacial score (nSPS) is 12.1. The Morgan fingerprint density at radius 1 is 1.37 bits per heavy atom. The number of hydrogen-bond donors (Lipinski definition) is 0. The lowest BCUT2D eigenvalue weighted by Crippen LogP contribution is -2.17. The molecule has 0 aliphatic carbocycles. The number of aromatic nitrogens is 2. The first-order valence-corrected chi connectivity index (χ1v) is 6.27. The predicted octanol–water partition coefficient (Wildman–Crippen LogP) is 3.00. The second-order valence-corrected chi connectivity index (χ2v) is 4.87. The summed E-state index contributed by atoms with van der Waals surface area (Å²) >= 11 is 3.29. The molecule has 0 saturated heterocycles. The Bertz CT molecular complexity index is 621. The molecule has 1 aromatic carbocycles. The summed E-state index contributed by atoms with van der Waals surface area (Å²) < 4.78 is 2.18. The molecule has 0 aliphatic heterocycles. The second-order valence-electron chi connectivity index (χ2n) is 3.96. The van der Waals surface area contributed by atoms with Crippen LogP contribution in [0.25, 0.3) is 0 Å². The van der Waals surface area contributed by atoms with Crippen LogP contribution >= 0.6 is 15.9 Å². The van der Waals surface area contributed by atoms with Gasteiger partial charge in [-0.2, -0.15) is 4.68 Å². The molecular weight excluding hydrogens is 314 g/mol. The quantitative estimate of drug-likeness (QED) is 0.492. The highest BCUT2D eigenvalue weighted by Gasteiger charge is 2.22. The third kappa shape index (κ3) is 2.87. The topological polar surface area (TPSA) is 78.0 Å². The van der Waals surface area contributed by atoms with Crippen molar-refractivity contribution in [2.24, 2.45) is 0 Å². The predicted molar refractivity (Wildman–Crippen MR) is 72.1 cm³/mol. The van der Waals surface area contributed by atoms with Crippen molar-refractivity contribution < 1.29 is 9.72 Å². The Kier molecular flexibility index (Phi) is 3.75. The van der Waals surface area contributed by atoms with Crippen molar-refractivity contribution in [1.29, 1.82) is 0 Å². The fourth-order valence-corrected chi connectivity index (χ4v) is 1.88. The largest absolute Gasteiger partial charge is 0.389 e. The zero-order valence-corrected chi connectivity index (χ0v) is 11.6. The maximum absolute atomic E-state index is 12.2. The summed E-state index contributed by atoms with van der Waals surface area (Å²) in [4.78, 5) is 22.2. The SMILES string of the molecule is CC(C(=O)c1ccc(Br)cc1)n1ccc([N+](=O)[O-])n1. The van der Waals surface area contributed by atoms with Crippen LogP contribution in [0.4, 0.5) is 5.82 Å². The number of halogens is 1. The van der Waals surface area contributed by atoms with Gasteiger partial charge < -0.3 is 10.1 Å². The number of hydrogen-bond acceptors (Lipinski definition) is 4. The number of Topliss-reactive ketones (excluding diaryl/α,β-unsaturated/α-hetero) is 1. The summed E-state index contributed by atoms with van der Waals surface area (Å²) in [5, 5.41) is 14.3. The average Bonchev–Trinajstić information content (AvgIpc) is 2.87. The number of carbonyl (C=O) groups excluding carboxylic acids is 1. The minimum Gasteiger partial charge on any atom is -0.358 e. The van der Waals surface area contributed by atoms with Crippen molar-refractivity contribution in [3.63, 3.8) is 0 Å². The number of nitrogens with zero attached hydrogens (tertiary/aromatic N) is 3. The van der Waals surface area contributed by atoms with E-state index >= 15 is 0 Å². The van der Waals surface area contributed by atoms with Gasteiger partial charge >= 0.3 is 5.82 Å². The molecule has 1 atom stereocenters. The van der Waals surface area contributed by atoms with Crippen molar-refractivity contribution in [3.8, 4) is 0 Å². The first kappa shape index (κ1) is 13.4. The van der Waals surface area contributed by atoms with E-state index in [-0.39, 0.29) is 11.6 Å². The monoisotopic (exact) mass is 323 g/mol. The fraction of sp³-hybridized carbons (Fsp3) is 0.167. The molecule has 0 radical (unpaired) electrons. The molecule has 19 heavy (non-hydrogen) atoms. The molecule has 98 valence electrons. The maximum atomic E-state index is 12.2. The van der Waals surface area contributed by atoms with Gasteiger partial charge in [0, 0.05) is 10.0 Å². The lowest BCUT2D eigenvalue weighted by Gasteiger charge is -2.07. The van der Waals surface area contributed by atoms with Gasteiger partial charge in [-0.1, -0.05) is 28.1 Å². The summed E-state index contributed by atoms with van der Waals surface area (Å²) in [5.41, 5.74) is 0.536. The highest BCUT2D eigenvalue weighted by Crippen LogP contribution is 2.18. The fourth-order valence-electron chi connectivity index (χ4n) is 1.62. The van der Waals surface area contributed by atoms with E-state index in [4.69, 9.17) is 0 Å². The molecular formula is C12H10BrN3O3. The lowest BCUT2D eigenvalue weighted by molar-refractivity contribution is -0.389. The van der Waals surface area contributed by atoms with E-state index in [1.807, 2.05) is 0 Å². The van der Waals surface area contributed by atoms with Gasteiger partial charge in [0.05, 0.1) is 17.4 Å². The van der Waals surface area contributed by atoms with Crippen molar-refractivity contribution >= 4 is 27.5 Å². The van der Waals surface area contributed by atoms with Crippen LogP contribution < -0.4 is 0 Å². The molecule has 1 unspecified atom stereocenters. The van der Waals surface area contributed by atoms with E-state index in [2.05, 4.69) is 21.0 Å². The van der Waals surface area contributed by atoms with Gasteiger partial charge in [-0.05, 0) is 24.0 Å². The Morgan fingerprint density at radius 2 is 2.00 bits per heavy atom. The van der Waals surface area contributed by atoms with Gasteiger partial charge in [0.25, 0.3) is 0 Å². The molecule has 0 fully saturated rings. The summed E-state index contributed by atoms with van der Waals surface area (Å²) in [6.07, 6.45) is 1.43. The number of carbonyl (C=O) groups is 1. The Hall–Kier alpha value is -2.02. The molecule has 0 aliphatic rings. The number of nitro groups is 1. The first-order valence-electron chi connectivity index (χ1n) is 5.48. The van der Waals surface area contributed by atoms with Crippen LogP contribution in [0.15, 0.2) is 41.0 Å². The highest BCUT2D eigenvalue weighted by atomic mass is 79.9. The lowest BCUT2D eigenvalue weighted by atomic mass is 10.1. The summed E-state index contributed by atoms with van der Waals surface area (Å²) in [5.74, 6) is -0.416. The first-order chi connectivity index (χ1) is 8.99. The second kappa shape index (κ2) is 5.31. The van der Waals surface area contributed by atoms with Crippen molar-refractivity contribution in [1.82, 2.24) is 9.78 Å². The van der Waals surface area contributed by atoms with Crippen molar-refractivity contribution in [2.45, 2.75) is 13.0 Å². The Balaban J connectivity index is 2.22. The van der Waals surface area contributed by atoms with E-state index in [0.717, 1.165) is 4.47 Å². The summed E-state index contributed by atoms with van der Waals surface area (Å²) in [6, 6.07) is 7.61. The molecule has 6 nitrogen and oxygen atoms in total. The van der Waals surface area contributed by atoms with E-state index in [0.29, 0.717) is 5.56 Å². The number of ketones is 1. The summed E-state index contributed by atoms with van der Waals surface area (Å²) in [7, 11) is 0. The smallest absolute Gasteiger partial charge is 0.358 e. The van der Waals surface area contributed by atoms with Gasteiger partial charge in [0.2, 0.25) is 0 Å². The van der Waals surface area contributed by atoms with Crippen molar-refractivity contribution in [2.75, 3.05) is 0 Å². The van der Waals surface area contributed by atoms with Crippen LogP contribution in [0.5, 0.6) is 0 Å². The molecule has 0 bridgehead atoms. The van der Waals surface area contributed by atoms with Crippen LogP contribution in [-0.2, 0) is 0 Å². The maximum Gasteiger partial charge on any atom is 0.389 e. The zero-order chi connectivity index (χ0) is 14.0. The van der Waals surface area contributed by atoms with Crippen LogP contribution in [-0.4, -0.2) is 20.5 Å². The van der Waals surface area contributed by atoms with Gasteiger partial charge in [0.1, 0.15) is 6.04 Å². The third-order valence-corrected chi connectivity index (χ3v) is 3.21. The molecule has 0 saturated carbocycles. The Labute approximate surface area is 117 Å². The molecule has 0 N–H and O–H groups in total. The molecule has 1 heterocycles. The third-order valence-electron chi connectivity index (χ3n) is 2.69. The minimum absolute atomic E-state index is 0.148. The molecule has 7 heteroatoms. The standard InChI is InChI=1S/C12H10BrN3O3/c1-8(15-7-6-11(14-15)16(18)19)12(17)9-2-4-10(13)5-3-9/h2-8H,1H3. The number of benzene rings is 1. The Morgan fingerprint density at radius 3 is 2.53 bits per heavy atom. The van der Waals surface area contributed by atoms with Crippen molar-refractivity contribution in [3.05, 3.63) is 56.7 Å². The summed E-state index contributed by atoms with van der Waals surface area (Å²) in [6.45, 7) is 1.65. The molecule has 2 rings (SSSR count). The molecule has 0 amide bonds. The average molecular weight is 324 g/mol. The molecule has 0 spiro atoms. The van der Waals surface area contributed by atoms with Gasteiger partial charge in [0.15, 0.2) is 5.78 Å². The highest BCUT2D eigenvalue weighted by molar-refractivity contribution is 9.10. The van der Waals surface area contributed by atoms with Crippen LogP contribution in [0.1, 0.15) is 23.3 Å². The van der Waals surface area contributed by atoms with E-state index in [9.17, 15) is 14.9 Å². The van der Waals surface area contributed by atoms with Gasteiger partial charge in [-0.15, -0.1) is 0 Å². The number of rotatable bonds is 4. The molecule has 1 aromatic heterocycles. The van der Waals surface area contributed by atoms with E-state index in [1.165, 1.54) is 16.9 Å². The zero-order valence-electron chi connectivity index (χ0n) is 9.99. The minimum atomic E-state index is -0.590. The van der Waals surface area contributed by atoms with Gasteiger partial charge in [-0.25, -0.2) is 0 Å². The van der Waals surface area contributed by atoms with E-state index < -0.39 is 11.0 Å². The van der Waals surface area contributed by atoms with Crippen LogP contribution in [0.3, 0.4) is 0 Å². The molecule has 2 aromatic rings. The van der Waals surface area contributed by atoms with Crippen LogP contribution in [0, 0.1) is 10.1 Å².